The number of aromatic nitrogens is 2. The molecule has 14 nitrogen and oxygen atoms in total. The van der Waals surface area contributed by atoms with Gasteiger partial charge in [0.1, 0.15) is 40.0 Å². The number of ether oxygens (including phenoxy) is 4. The highest BCUT2D eigenvalue weighted by atomic mass is 16.7. The first-order chi connectivity index (χ1) is 28.1. The number of benzene rings is 2. The van der Waals surface area contributed by atoms with E-state index in [1.165, 1.54) is 59.3 Å². The van der Waals surface area contributed by atoms with E-state index in [0.29, 0.717) is 0 Å². The second-order valence-electron chi connectivity index (χ2n) is 14.8. The number of amides is 1. The van der Waals surface area contributed by atoms with Gasteiger partial charge in [-0.3, -0.25) is 18.8 Å². The number of carbonyl (C=O) groups excluding carboxylic acids is 3. The minimum absolute atomic E-state index is 0.0134. The molecular weight excluding hydrogens is 722 g/mol. The largest absolute Gasteiger partial charge is 0.507 e. The second kappa shape index (κ2) is 15.2. The first-order valence-corrected chi connectivity index (χ1v) is 18.2. The normalized spacial score (nSPS) is 32.2. The molecule has 5 heterocycles. The van der Waals surface area contributed by atoms with Crippen LogP contribution in [-0.2, 0) is 23.8 Å². The molecule has 2 aromatic heterocycles. The average Bonchev–Trinajstić information content (AvgIpc) is 3.73. The van der Waals surface area contributed by atoms with E-state index in [1.54, 1.807) is 33.8 Å². The van der Waals surface area contributed by atoms with Crippen molar-refractivity contribution in [3.63, 3.8) is 0 Å². The molecular formula is C42H49N3O11. The minimum Gasteiger partial charge on any atom is -0.507 e. The zero-order valence-corrected chi connectivity index (χ0v) is 32.5. The Balaban J connectivity index is 1.63. The van der Waals surface area contributed by atoms with Crippen molar-refractivity contribution in [3.05, 3.63) is 71.6 Å². The van der Waals surface area contributed by atoms with Crippen molar-refractivity contribution < 1.29 is 59.2 Å². The maximum atomic E-state index is 14.6. The summed E-state index contributed by atoms with van der Waals surface area (Å²) in [7, 11) is 1.41. The topological polar surface area (TPSA) is 198 Å². The van der Waals surface area contributed by atoms with Crippen LogP contribution in [0.25, 0.3) is 27.5 Å². The molecule has 0 radical (unpaired) electrons. The van der Waals surface area contributed by atoms with Crippen molar-refractivity contribution in [2.45, 2.75) is 85.6 Å². The number of Topliss-reactive ketones (excluding diaryl/α,β-unsaturated/α-hetero) is 1. The van der Waals surface area contributed by atoms with Crippen LogP contribution in [0.1, 0.15) is 69.9 Å². The van der Waals surface area contributed by atoms with E-state index in [4.69, 9.17) is 24.4 Å². The Morgan fingerprint density at radius 1 is 1.02 bits per heavy atom. The fourth-order valence-electron chi connectivity index (χ4n) is 7.66. The van der Waals surface area contributed by atoms with Gasteiger partial charge in [0.15, 0.2) is 5.75 Å². The second-order valence-corrected chi connectivity index (χ2v) is 14.8. The van der Waals surface area contributed by atoms with E-state index in [1.807, 2.05) is 0 Å². The monoisotopic (exact) mass is 775 g/mol. The maximum absolute atomic E-state index is 14.6. The van der Waals surface area contributed by atoms with E-state index in [2.05, 4.69) is 10.3 Å². The number of fused-ring (bicyclic) bond motifs is 14. The van der Waals surface area contributed by atoms with E-state index >= 15 is 0 Å². The summed E-state index contributed by atoms with van der Waals surface area (Å²) in [5.41, 5.74) is -1.15. The van der Waals surface area contributed by atoms with Crippen molar-refractivity contribution in [2.75, 3.05) is 12.4 Å². The molecule has 3 aliphatic heterocycles. The molecule has 0 saturated heterocycles. The average molecular weight is 776 g/mol. The van der Waals surface area contributed by atoms with Gasteiger partial charge in [0.2, 0.25) is 0 Å². The van der Waals surface area contributed by atoms with Crippen molar-refractivity contribution >= 4 is 50.8 Å². The quantitative estimate of drug-likeness (QED) is 0.121. The van der Waals surface area contributed by atoms with Crippen molar-refractivity contribution in [1.82, 2.24) is 9.38 Å². The minimum atomic E-state index is -2.10. The first-order valence-electron chi connectivity index (χ1n) is 20.2. The Morgan fingerprint density at radius 3 is 2.41 bits per heavy atom. The van der Waals surface area contributed by atoms with E-state index in [9.17, 15) is 34.8 Å². The Labute approximate surface area is 329 Å². The molecule has 3 aliphatic rings. The van der Waals surface area contributed by atoms with Gasteiger partial charge in [0.25, 0.3) is 11.7 Å². The number of hydrogen-bond acceptors (Lipinski definition) is 12. The summed E-state index contributed by atoms with van der Waals surface area (Å²) < 4.78 is 58.9. The summed E-state index contributed by atoms with van der Waals surface area (Å²) in [6.45, 7) is 12.3. The van der Waals surface area contributed by atoms with Gasteiger partial charge in [0.05, 0.1) is 41.0 Å². The van der Waals surface area contributed by atoms with Gasteiger partial charge in [-0.15, -0.1) is 0 Å². The zero-order valence-electron chi connectivity index (χ0n) is 36.5. The van der Waals surface area contributed by atoms with Crippen LogP contribution in [0.3, 0.4) is 0 Å². The number of phenols is 2. The molecule has 5 bridgehead atoms. The smallest absolute Gasteiger partial charge is 0.312 e. The molecule has 9 atom stereocenters. The van der Waals surface area contributed by atoms with Crippen LogP contribution in [0, 0.1) is 30.6 Å². The molecule has 298 valence electrons. The number of aromatic hydroxyl groups is 2. The molecule has 0 saturated carbocycles. The van der Waals surface area contributed by atoms with Crippen LogP contribution in [-0.4, -0.2) is 84.8 Å². The number of phenolic OH excluding ortho intramolecular Hbond substituents is 2. The highest BCUT2D eigenvalue weighted by molar-refractivity contribution is 6.28. The standard InChI is InChI=1S/C42H49N3O11/c1-19-13-12-14-20(2)41(52)44-32-33-31(43-27-15-10-11-17-45(27)33)28-29(37(32)50)36(49)24(6)39-30(28)40(51)42(8,56-39)54-18-16-26(53-9)21(3)38(55-25(7)46)23(5)35(48)22(4)34(19)47/h10-19,21-23,26,34-35,38,47-50H,1-9H3,(H,44,52)/b13-12+,18-16+,20-14-/t19-,21+,22+,23+,26-,34-,35+,38-,42-/m0/s1/i10D,11D,15D,17D. The lowest BCUT2D eigenvalue weighted by Gasteiger charge is -2.38. The van der Waals surface area contributed by atoms with Crippen LogP contribution in [0.4, 0.5) is 5.69 Å². The van der Waals surface area contributed by atoms with Crippen molar-refractivity contribution in [2.24, 2.45) is 23.7 Å². The molecule has 0 fully saturated rings. The highest BCUT2D eigenvalue weighted by Crippen LogP contribution is 2.54. The first kappa shape index (κ1) is 35.0. The van der Waals surface area contributed by atoms with Gasteiger partial charge in [-0.05, 0) is 32.0 Å². The summed E-state index contributed by atoms with van der Waals surface area (Å²) in [6.07, 6.45) is 2.61. The number of carbonyl (C=O) groups is 3. The number of ketones is 1. The zero-order chi connectivity index (χ0) is 44.4. The number of anilines is 1. The predicted octanol–water partition coefficient (Wildman–Crippen LogP) is 5.85. The summed E-state index contributed by atoms with van der Waals surface area (Å²) in [5, 5.41) is 48.8. The van der Waals surface area contributed by atoms with E-state index in [0.717, 1.165) is 4.40 Å². The molecule has 7 rings (SSSR count). The Bertz CT molecular complexity index is 2550. The third kappa shape index (κ3) is 6.75. The van der Waals surface area contributed by atoms with Gasteiger partial charge in [0, 0.05) is 67.3 Å². The molecule has 0 aliphatic carbocycles. The number of allylic oxidation sites excluding steroid dienone is 2. The molecule has 0 spiro atoms. The molecule has 5 N–H and O–H groups in total. The van der Waals surface area contributed by atoms with Gasteiger partial charge in [-0.25, -0.2) is 4.98 Å². The third-order valence-electron chi connectivity index (χ3n) is 11.0. The SMILES string of the molecule is [2H]c1c([2H])c([2H])n2c(nc3c4c5c6c(C)c(O)c4c(O)c(c32)NC(=O)/C(C)=C\C=C\[C@H](C)[C@H](O)[C@@H](C)[C@@H](O)[C@@H](C)[C@@H](OC(C)=O)[C@H](C)[C@@H](OC)/C=C/O[C@@](C)(O6)C5=O)c1[2H]. The van der Waals surface area contributed by atoms with Gasteiger partial charge in [-0.1, -0.05) is 52.0 Å². The maximum Gasteiger partial charge on any atom is 0.312 e. The lowest BCUT2D eigenvalue weighted by molar-refractivity contribution is -0.160. The van der Waals surface area contributed by atoms with Gasteiger partial charge < -0.3 is 44.7 Å². The fourth-order valence-corrected chi connectivity index (χ4v) is 7.66. The van der Waals surface area contributed by atoms with Gasteiger partial charge >= 0.3 is 11.8 Å². The molecule has 2 aromatic carbocycles. The number of nitrogens with zero attached hydrogens (tertiary/aromatic N) is 2. The van der Waals surface area contributed by atoms with E-state index in [-0.39, 0.29) is 55.6 Å². The summed E-state index contributed by atoms with van der Waals surface area (Å²) in [5.74, 6) is -8.31. The van der Waals surface area contributed by atoms with Crippen molar-refractivity contribution in [3.8, 4) is 17.2 Å². The van der Waals surface area contributed by atoms with E-state index < -0.39 is 107 Å². The number of rotatable bonds is 2. The van der Waals surface area contributed by atoms with Gasteiger partial charge in [-0.2, -0.15) is 0 Å². The Kier molecular flexibility index (Phi) is 9.53. The number of imidazole rings is 1. The molecule has 56 heavy (non-hydrogen) atoms. The summed E-state index contributed by atoms with van der Waals surface area (Å²) in [6, 6.07) is -1.81. The lowest BCUT2D eigenvalue weighted by Crippen LogP contribution is -2.46. The van der Waals surface area contributed by atoms with Crippen LogP contribution in [0.5, 0.6) is 17.2 Å². The molecule has 0 unspecified atom stereocenters. The highest BCUT2D eigenvalue weighted by Gasteiger charge is 2.49. The lowest BCUT2D eigenvalue weighted by atomic mass is 9.78. The number of methoxy groups -OCH3 is 1. The Morgan fingerprint density at radius 2 is 1.73 bits per heavy atom. The number of aliphatic hydroxyl groups excluding tert-OH is 2. The van der Waals surface area contributed by atoms with Crippen molar-refractivity contribution in [1.29, 1.82) is 0 Å². The predicted molar refractivity (Wildman–Crippen MR) is 208 cm³/mol. The number of hydrogen-bond donors (Lipinski definition) is 5. The van der Waals surface area contributed by atoms with Crippen LogP contribution in [0.2, 0.25) is 0 Å². The molecule has 14 heteroatoms. The summed E-state index contributed by atoms with van der Waals surface area (Å²) in [4.78, 5) is 45.4. The number of nitrogens with one attached hydrogen (secondary N) is 1. The van der Waals surface area contributed by atoms with Crippen LogP contribution < -0.4 is 10.1 Å². The third-order valence-corrected chi connectivity index (χ3v) is 11.0. The number of pyridine rings is 1. The number of aliphatic hydroxyl groups is 2. The van der Waals surface area contributed by atoms with Crippen LogP contribution in [0.15, 0.2) is 60.4 Å². The molecule has 1 amide bonds. The Hall–Kier alpha value is -5.44. The fraction of sp³-hybridized carbons (Fsp3) is 0.429. The summed E-state index contributed by atoms with van der Waals surface area (Å²) >= 11 is 0. The molecule has 4 aromatic rings. The number of esters is 1. The van der Waals surface area contributed by atoms with Crippen LogP contribution >= 0.6 is 0 Å².